The van der Waals surface area contributed by atoms with Gasteiger partial charge >= 0.3 is 5.97 Å². The van der Waals surface area contributed by atoms with E-state index in [4.69, 9.17) is 32.9 Å². The molecule has 0 spiro atoms. The quantitative estimate of drug-likeness (QED) is 0.284. The molecule has 1 N–H and O–H groups in total. The van der Waals surface area contributed by atoms with Gasteiger partial charge in [0.25, 0.3) is 5.91 Å². The Morgan fingerprint density at radius 1 is 1.14 bits per heavy atom. The summed E-state index contributed by atoms with van der Waals surface area (Å²) in [6, 6.07) is 13.1. The van der Waals surface area contributed by atoms with Crippen molar-refractivity contribution in [2.45, 2.75) is 32.9 Å². The number of amides is 1. The molecule has 190 valence electrons. The predicted octanol–water partition coefficient (Wildman–Crippen LogP) is 6.23. The molecule has 1 aliphatic heterocycles. The molecule has 5 rings (SSSR count). The van der Waals surface area contributed by atoms with Crippen molar-refractivity contribution >= 4 is 62.4 Å². The maximum absolute atomic E-state index is 13.3. The van der Waals surface area contributed by atoms with Gasteiger partial charge in [0.1, 0.15) is 0 Å². The van der Waals surface area contributed by atoms with Crippen molar-refractivity contribution in [3.63, 3.8) is 0 Å². The zero-order valence-corrected chi connectivity index (χ0v) is 22.6. The van der Waals surface area contributed by atoms with Gasteiger partial charge in [0.15, 0.2) is 11.7 Å². The predicted molar refractivity (Wildman–Crippen MR) is 147 cm³/mol. The molecule has 7 nitrogen and oxygen atoms in total. The van der Waals surface area contributed by atoms with Gasteiger partial charge in [-0.15, -0.1) is 11.3 Å². The topological polar surface area (TPSA) is 84.4 Å². The summed E-state index contributed by atoms with van der Waals surface area (Å²) in [6.07, 6.45) is 0.754. The second-order valence-electron chi connectivity index (χ2n) is 9.03. The third-order valence-electron chi connectivity index (χ3n) is 6.31. The molecule has 0 bridgehead atoms. The minimum Gasteiger partial charge on any atom is -0.452 e. The fourth-order valence-electron chi connectivity index (χ4n) is 4.36. The number of aromatic nitrogens is 2. The van der Waals surface area contributed by atoms with Crippen molar-refractivity contribution in [2.75, 3.05) is 18.5 Å². The Labute approximate surface area is 228 Å². The molecule has 0 radical (unpaired) electrons. The first-order valence-electron chi connectivity index (χ1n) is 11.8. The molecule has 1 amide bonds. The molecule has 0 atom stereocenters. The molecule has 37 heavy (non-hydrogen) atoms. The molecule has 3 heterocycles. The number of carbonyl (C=O) groups excluding carboxylic acids is 2. The largest absolute Gasteiger partial charge is 0.452 e. The average molecular weight is 555 g/mol. The highest BCUT2D eigenvalue weighted by Crippen LogP contribution is 2.31. The van der Waals surface area contributed by atoms with Gasteiger partial charge in [-0.25, -0.2) is 9.78 Å². The van der Waals surface area contributed by atoms with Gasteiger partial charge < -0.3 is 4.74 Å². The Bertz CT molecular complexity index is 1500. The van der Waals surface area contributed by atoms with Crippen LogP contribution in [-0.4, -0.2) is 45.9 Å². The lowest BCUT2D eigenvalue weighted by Gasteiger charge is -2.32. The van der Waals surface area contributed by atoms with Gasteiger partial charge in [-0.05, 0) is 32.0 Å². The van der Waals surface area contributed by atoms with Crippen LogP contribution in [0, 0.1) is 0 Å². The van der Waals surface area contributed by atoms with Gasteiger partial charge in [0, 0.05) is 53.1 Å². The third-order valence-corrected chi connectivity index (χ3v) is 7.81. The number of para-hydroxylation sites is 1. The number of rotatable bonds is 6. The van der Waals surface area contributed by atoms with Crippen LogP contribution >= 0.6 is 34.5 Å². The first kappa shape index (κ1) is 25.6. The number of nitrogens with zero attached hydrogens (tertiary/aromatic N) is 3. The minimum atomic E-state index is -0.536. The molecule has 0 fully saturated rings. The van der Waals surface area contributed by atoms with Gasteiger partial charge in [0.05, 0.1) is 26.8 Å². The number of anilines is 1. The van der Waals surface area contributed by atoms with Crippen molar-refractivity contribution in [1.82, 2.24) is 14.9 Å². The van der Waals surface area contributed by atoms with E-state index in [0.29, 0.717) is 39.0 Å². The van der Waals surface area contributed by atoms with Crippen molar-refractivity contribution in [3.8, 4) is 11.3 Å². The van der Waals surface area contributed by atoms with Gasteiger partial charge in [0.2, 0.25) is 0 Å². The van der Waals surface area contributed by atoms with Crippen LogP contribution in [0.15, 0.2) is 47.8 Å². The van der Waals surface area contributed by atoms with Crippen LogP contribution in [0.2, 0.25) is 10.0 Å². The Hall–Kier alpha value is -3.04. The van der Waals surface area contributed by atoms with E-state index in [1.807, 2.05) is 24.3 Å². The normalized spacial score (nSPS) is 13.5. The average Bonchev–Trinajstić information content (AvgIpc) is 3.35. The first-order valence-corrected chi connectivity index (χ1v) is 13.5. The smallest absolute Gasteiger partial charge is 0.339 e. The minimum absolute atomic E-state index is 0.335. The standard InChI is InChI=1S/C27H24Cl2N4O3S/c1-15(2)33-10-9-22-18(12-33)25(17-5-3-4-6-21(17)30-22)26(35)36-13-24(34)32-27-31-23(14-37-27)16-7-8-19(28)20(29)11-16/h3-8,11,14-15H,9-10,12-13H2,1-2H3,(H,31,32,34). The number of nitrogens with one attached hydrogen (secondary N) is 1. The molecule has 0 saturated heterocycles. The van der Waals surface area contributed by atoms with E-state index in [1.165, 1.54) is 11.3 Å². The fourth-order valence-corrected chi connectivity index (χ4v) is 5.40. The SMILES string of the molecule is CC(C)N1CCc2nc3ccccc3c(C(=O)OCC(=O)Nc3nc(-c4ccc(Cl)c(Cl)c4)cs3)c2C1. The zero-order chi connectivity index (χ0) is 26.1. The van der Waals surface area contributed by atoms with Crippen molar-refractivity contribution in [1.29, 1.82) is 0 Å². The number of esters is 1. The van der Waals surface area contributed by atoms with Crippen molar-refractivity contribution in [2.24, 2.45) is 0 Å². The van der Waals surface area contributed by atoms with E-state index in [9.17, 15) is 9.59 Å². The summed E-state index contributed by atoms with van der Waals surface area (Å²) in [4.78, 5) is 37.5. The van der Waals surface area contributed by atoms with Crippen LogP contribution in [0.4, 0.5) is 5.13 Å². The maximum atomic E-state index is 13.3. The van der Waals surface area contributed by atoms with E-state index in [1.54, 1.807) is 23.6 Å². The summed E-state index contributed by atoms with van der Waals surface area (Å²) < 4.78 is 5.50. The number of ether oxygens (including phenoxy) is 1. The van der Waals surface area contributed by atoms with Crippen LogP contribution in [-0.2, 0) is 22.5 Å². The molecule has 2 aromatic carbocycles. The lowest BCUT2D eigenvalue weighted by Crippen LogP contribution is -2.37. The number of halogens is 2. The second-order valence-corrected chi connectivity index (χ2v) is 10.7. The second kappa shape index (κ2) is 10.8. The van der Waals surface area contributed by atoms with E-state index < -0.39 is 18.5 Å². The number of benzene rings is 2. The number of pyridine rings is 1. The summed E-state index contributed by atoms with van der Waals surface area (Å²) >= 11 is 13.3. The number of carbonyl (C=O) groups is 2. The number of hydrogen-bond donors (Lipinski definition) is 1. The number of hydrogen-bond acceptors (Lipinski definition) is 7. The molecule has 10 heteroatoms. The highest BCUT2D eigenvalue weighted by atomic mass is 35.5. The summed E-state index contributed by atoms with van der Waals surface area (Å²) in [5, 5.41) is 6.49. The summed E-state index contributed by atoms with van der Waals surface area (Å²) in [7, 11) is 0. The Kier molecular flexibility index (Phi) is 7.44. The van der Waals surface area contributed by atoms with Crippen LogP contribution in [0.1, 0.15) is 35.5 Å². The van der Waals surface area contributed by atoms with Gasteiger partial charge in [-0.1, -0.05) is 47.5 Å². The van der Waals surface area contributed by atoms with E-state index in [0.717, 1.165) is 40.7 Å². The Balaban J connectivity index is 1.31. The van der Waals surface area contributed by atoms with Crippen LogP contribution in [0.3, 0.4) is 0 Å². The molecule has 0 aliphatic carbocycles. The van der Waals surface area contributed by atoms with Crippen molar-refractivity contribution < 1.29 is 14.3 Å². The monoisotopic (exact) mass is 554 g/mol. The molecular weight excluding hydrogens is 531 g/mol. The third kappa shape index (κ3) is 5.48. The lowest BCUT2D eigenvalue weighted by atomic mass is 9.95. The Morgan fingerprint density at radius 3 is 2.73 bits per heavy atom. The summed E-state index contributed by atoms with van der Waals surface area (Å²) in [5.41, 5.74) is 4.44. The first-order chi connectivity index (χ1) is 17.8. The van der Waals surface area contributed by atoms with E-state index >= 15 is 0 Å². The lowest BCUT2D eigenvalue weighted by molar-refractivity contribution is -0.119. The molecular formula is C27H24Cl2N4O3S. The van der Waals surface area contributed by atoms with Gasteiger partial charge in [-0.2, -0.15) is 0 Å². The van der Waals surface area contributed by atoms with Crippen LogP contribution in [0.25, 0.3) is 22.2 Å². The molecule has 1 aliphatic rings. The molecule has 2 aromatic heterocycles. The van der Waals surface area contributed by atoms with E-state index in [2.05, 4.69) is 29.0 Å². The highest BCUT2D eigenvalue weighted by Gasteiger charge is 2.28. The van der Waals surface area contributed by atoms with E-state index in [-0.39, 0.29) is 0 Å². The summed E-state index contributed by atoms with van der Waals surface area (Å²) in [5.74, 6) is -1.01. The van der Waals surface area contributed by atoms with Crippen molar-refractivity contribution in [3.05, 3.63) is 74.7 Å². The van der Waals surface area contributed by atoms with Crippen LogP contribution < -0.4 is 5.32 Å². The zero-order valence-electron chi connectivity index (χ0n) is 20.3. The van der Waals surface area contributed by atoms with Gasteiger partial charge in [-0.3, -0.25) is 20.0 Å². The fraction of sp³-hybridized carbons (Fsp3) is 0.259. The maximum Gasteiger partial charge on any atom is 0.339 e. The Morgan fingerprint density at radius 2 is 1.95 bits per heavy atom. The van der Waals surface area contributed by atoms with Crippen LogP contribution in [0.5, 0.6) is 0 Å². The number of thiazole rings is 1. The molecule has 4 aromatic rings. The number of fused-ring (bicyclic) bond motifs is 2. The summed E-state index contributed by atoms with van der Waals surface area (Å²) in [6.45, 7) is 5.32. The highest BCUT2D eigenvalue weighted by molar-refractivity contribution is 7.14. The molecule has 0 unspecified atom stereocenters. The molecule has 0 saturated carbocycles.